The molecule has 1 amide bonds. The molecule has 3 aromatic rings. The Kier molecular flexibility index (Phi) is 6.88. The Hall–Kier alpha value is -2.85. The summed E-state index contributed by atoms with van der Waals surface area (Å²) in [6.45, 7) is 6.88. The summed E-state index contributed by atoms with van der Waals surface area (Å²) < 4.78 is 5.99. The average molecular weight is 417 g/mol. The van der Waals surface area contributed by atoms with Crippen LogP contribution in [-0.2, 0) is 4.79 Å². The number of likely N-dealkylation sites (tertiary alicyclic amines) is 1. The van der Waals surface area contributed by atoms with Crippen LogP contribution in [0.5, 0.6) is 0 Å². The molecule has 4 heteroatoms. The van der Waals surface area contributed by atoms with Crippen molar-refractivity contribution >= 4 is 5.91 Å². The number of carbonyl (C=O) groups is 1. The second-order valence-electron chi connectivity index (χ2n) is 8.68. The Morgan fingerprint density at radius 3 is 2.06 bits per heavy atom. The van der Waals surface area contributed by atoms with Gasteiger partial charge < -0.3 is 9.73 Å². The fourth-order valence-corrected chi connectivity index (χ4v) is 4.47. The molecule has 1 N–H and O–H groups in total. The smallest absolute Gasteiger partial charge is 0.232 e. The highest BCUT2D eigenvalue weighted by Crippen LogP contribution is 2.29. The second-order valence-corrected chi connectivity index (χ2v) is 8.68. The summed E-state index contributed by atoms with van der Waals surface area (Å²) >= 11 is 0. The van der Waals surface area contributed by atoms with Crippen LogP contribution in [0.25, 0.3) is 0 Å². The number of nitrogens with one attached hydrogen (secondary N) is 1. The maximum atomic E-state index is 13.5. The largest absolute Gasteiger partial charge is 0.465 e. The van der Waals surface area contributed by atoms with E-state index >= 15 is 0 Å². The third-order valence-corrected chi connectivity index (χ3v) is 6.35. The molecule has 1 aromatic heterocycles. The monoisotopic (exact) mass is 416 g/mol. The van der Waals surface area contributed by atoms with E-state index in [0.717, 1.165) is 41.7 Å². The van der Waals surface area contributed by atoms with Crippen molar-refractivity contribution in [2.75, 3.05) is 19.6 Å². The number of amides is 1. The van der Waals surface area contributed by atoms with Gasteiger partial charge in [-0.1, -0.05) is 67.6 Å². The normalized spacial score (nSPS) is 16.4. The standard InChI is InChI=1S/C27H32N2O2/c1-20-15-17-29(18-16-20)24(25-14-13-21(2)31-25)19-28-27(30)26(22-9-5-3-6-10-22)23-11-7-4-8-12-23/h3-14,20,24,26H,15-19H2,1-2H3,(H,28,30)/t24-/m0/s1. The fourth-order valence-electron chi connectivity index (χ4n) is 4.47. The summed E-state index contributed by atoms with van der Waals surface area (Å²) in [7, 11) is 0. The van der Waals surface area contributed by atoms with E-state index in [1.54, 1.807) is 0 Å². The number of hydrogen-bond acceptors (Lipinski definition) is 3. The number of aryl methyl sites for hydroxylation is 1. The molecule has 1 aliphatic heterocycles. The van der Waals surface area contributed by atoms with Crippen molar-refractivity contribution in [3.8, 4) is 0 Å². The van der Waals surface area contributed by atoms with Crippen molar-refractivity contribution in [2.45, 2.75) is 38.6 Å². The van der Waals surface area contributed by atoms with Gasteiger partial charge in [-0.3, -0.25) is 9.69 Å². The van der Waals surface area contributed by atoms with E-state index in [4.69, 9.17) is 4.42 Å². The lowest BCUT2D eigenvalue weighted by Crippen LogP contribution is -2.42. The van der Waals surface area contributed by atoms with Crippen LogP contribution in [0.15, 0.2) is 77.2 Å². The zero-order valence-corrected chi connectivity index (χ0v) is 18.5. The zero-order valence-electron chi connectivity index (χ0n) is 18.5. The van der Waals surface area contributed by atoms with E-state index in [0.29, 0.717) is 6.54 Å². The summed E-state index contributed by atoms with van der Waals surface area (Å²) in [5.74, 6) is 2.29. The van der Waals surface area contributed by atoms with Gasteiger partial charge >= 0.3 is 0 Å². The molecule has 31 heavy (non-hydrogen) atoms. The molecule has 2 aromatic carbocycles. The highest BCUT2D eigenvalue weighted by atomic mass is 16.3. The molecule has 1 saturated heterocycles. The second kappa shape index (κ2) is 9.97. The number of furan rings is 1. The topological polar surface area (TPSA) is 45.5 Å². The van der Waals surface area contributed by atoms with Gasteiger partial charge in [0, 0.05) is 6.54 Å². The van der Waals surface area contributed by atoms with E-state index in [9.17, 15) is 4.79 Å². The molecule has 0 bridgehead atoms. The molecule has 1 fully saturated rings. The Morgan fingerprint density at radius 2 is 1.55 bits per heavy atom. The van der Waals surface area contributed by atoms with E-state index in [1.807, 2.05) is 73.7 Å². The van der Waals surface area contributed by atoms with Gasteiger partial charge in [-0.25, -0.2) is 0 Å². The van der Waals surface area contributed by atoms with Crippen LogP contribution in [0.4, 0.5) is 0 Å². The van der Waals surface area contributed by atoms with Crippen LogP contribution in [0.1, 0.15) is 54.4 Å². The molecular formula is C27H32N2O2. The number of carbonyl (C=O) groups excluding carboxylic acids is 1. The first-order valence-electron chi connectivity index (χ1n) is 11.3. The lowest BCUT2D eigenvalue weighted by Gasteiger charge is -2.36. The molecule has 1 atom stereocenters. The molecular weight excluding hydrogens is 384 g/mol. The lowest BCUT2D eigenvalue weighted by atomic mass is 9.90. The first-order chi connectivity index (χ1) is 15.1. The van der Waals surface area contributed by atoms with Crippen molar-refractivity contribution in [2.24, 2.45) is 5.92 Å². The molecule has 2 heterocycles. The zero-order chi connectivity index (χ0) is 21.6. The Labute approximate surface area is 185 Å². The van der Waals surface area contributed by atoms with Crippen molar-refractivity contribution in [3.05, 3.63) is 95.4 Å². The molecule has 0 aliphatic carbocycles. The quantitative estimate of drug-likeness (QED) is 0.568. The average Bonchev–Trinajstić information content (AvgIpc) is 3.23. The van der Waals surface area contributed by atoms with Crippen LogP contribution in [0.2, 0.25) is 0 Å². The van der Waals surface area contributed by atoms with E-state index in [2.05, 4.69) is 23.2 Å². The molecule has 0 radical (unpaired) electrons. The molecule has 4 rings (SSSR count). The summed E-state index contributed by atoms with van der Waals surface area (Å²) in [5.41, 5.74) is 2.01. The van der Waals surface area contributed by atoms with Gasteiger partial charge in [0.2, 0.25) is 5.91 Å². The molecule has 1 aliphatic rings. The van der Waals surface area contributed by atoms with Gasteiger partial charge in [-0.05, 0) is 62.0 Å². The van der Waals surface area contributed by atoms with Gasteiger partial charge in [0.05, 0.1) is 12.0 Å². The summed E-state index contributed by atoms with van der Waals surface area (Å²) in [6.07, 6.45) is 2.36. The predicted octanol–water partition coefficient (Wildman–Crippen LogP) is 5.31. The van der Waals surface area contributed by atoms with Crippen LogP contribution in [-0.4, -0.2) is 30.4 Å². The summed E-state index contributed by atoms with van der Waals surface area (Å²) in [4.78, 5) is 15.9. The van der Waals surface area contributed by atoms with Crippen molar-refractivity contribution in [1.29, 1.82) is 0 Å². The minimum atomic E-state index is -0.331. The van der Waals surface area contributed by atoms with Crippen LogP contribution < -0.4 is 5.32 Å². The molecule has 0 saturated carbocycles. The predicted molar refractivity (Wildman–Crippen MR) is 124 cm³/mol. The van der Waals surface area contributed by atoms with Gasteiger partial charge in [-0.2, -0.15) is 0 Å². The van der Waals surface area contributed by atoms with E-state index in [1.165, 1.54) is 12.8 Å². The first-order valence-corrected chi connectivity index (χ1v) is 11.3. The Balaban J connectivity index is 1.54. The third-order valence-electron chi connectivity index (χ3n) is 6.35. The number of rotatable bonds is 7. The van der Waals surface area contributed by atoms with Crippen molar-refractivity contribution in [1.82, 2.24) is 10.2 Å². The minimum absolute atomic E-state index is 0.0241. The SMILES string of the molecule is Cc1ccc([C@H](CNC(=O)C(c2ccccc2)c2ccccc2)N2CCC(C)CC2)o1. The first kappa shape index (κ1) is 21.4. The lowest BCUT2D eigenvalue weighted by molar-refractivity contribution is -0.122. The Bertz CT molecular complexity index is 920. The van der Waals surface area contributed by atoms with Gasteiger partial charge in [0.25, 0.3) is 0 Å². The molecule has 4 nitrogen and oxygen atoms in total. The third kappa shape index (κ3) is 5.26. The maximum Gasteiger partial charge on any atom is 0.232 e. The van der Waals surface area contributed by atoms with Gasteiger partial charge in [0.15, 0.2) is 0 Å². The Morgan fingerprint density at radius 1 is 0.968 bits per heavy atom. The fraction of sp³-hybridized carbons (Fsp3) is 0.370. The highest BCUT2D eigenvalue weighted by molar-refractivity contribution is 5.87. The molecule has 0 spiro atoms. The number of piperidine rings is 1. The van der Waals surface area contributed by atoms with Crippen molar-refractivity contribution < 1.29 is 9.21 Å². The number of hydrogen-bond donors (Lipinski definition) is 1. The van der Waals surface area contributed by atoms with Gasteiger partial charge in [0.1, 0.15) is 11.5 Å². The van der Waals surface area contributed by atoms with E-state index in [-0.39, 0.29) is 17.9 Å². The van der Waals surface area contributed by atoms with Gasteiger partial charge in [-0.15, -0.1) is 0 Å². The maximum absolute atomic E-state index is 13.5. The molecule has 0 unspecified atom stereocenters. The summed E-state index contributed by atoms with van der Waals surface area (Å²) in [5, 5.41) is 3.26. The van der Waals surface area contributed by atoms with Crippen molar-refractivity contribution in [3.63, 3.8) is 0 Å². The number of nitrogens with zero attached hydrogens (tertiary/aromatic N) is 1. The van der Waals surface area contributed by atoms with Crippen LogP contribution in [0, 0.1) is 12.8 Å². The van der Waals surface area contributed by atoms with Crippen LogP contribution >= 0.6 is 0 Å². The summed E-state index contributed by atoms with van der Waals surface area (Å²) in [6, 6.07) is 24.1. The minimum Gasteiger partial charge on any atom is -0.465 e. The number of benzene rings is 2. The van der Waals surface area contributed by atoms with Crippen LogP contribution in [0.3, 0.4) is 0 Å². The van der Waals surface area contributed by atoms with E-state index < -0.39 is 0 Å². The molecule has 162 valence electrons. The highest BCUT2D eigenvalue weighted by Gasteiger charge is 2.29.